The highest BCUT2D eigenvalue weighted by Gasteiger charge is 1.97. The minimum Gasteiger partial charge on any atom is -0.381 e. The maximum Gasteiger partial charge on any atom is 0.0544 e. The van der Waals surface area contributed by atoms with Gasteiger partial charge < -0.3 is 14.4 Å². The minimum atomic E-state index is 0.388. The molecule has 0 aliphatic rings. The van der Waals surface area contributed by atoms with Crippen LogP contribution in [0, 0.1) is 0 Å². The molecule has 0 aliphatic heterocycles. The van der Waals surface area contributed by atoms with E-state index in [1.54, 1.807) is 0 Å². The predicted octanol–water partition coefficient (Wildman–Crippen LogP) is 2.16. The topological polar surface area (TPSA) is 21.7 Å². The lowest BCUT2D eigenvalue weighted by molar-refractivity contribution is 0.0399. The van der Waals surface area contributed by atoms with Crippen LogP contribution in [0.25, 0.3) is 0 Å². The van der Waals surface area contributed by atoms with Crippen molar-refractivity contribution in [3.8, 4) is 0 Å². The van der Waals surface area contributed by atoms with Crippen molar-refractivity contribution in [3.63, 3.8) is 0 Å². The molecule has 3 heteroatoms. The molecule has 0 aromatic carbocycles. The van der Waals surface area contributed by atoms with Gasteiger partial charge in [-0.1, -0.05) is 6.92 Å². The van der Waals surface area contributed by atoms with Crippen LogP contribution in [0.3, 0.4) is 0 Å². The van der Waals surface area contributed by atoms with Gasteiger partial charge >= 0.3 is 0 Å². The summed E-state index contributed by atoms with van der Waals surface area (Å²) in [6, 6.07) is 0. The van der Waals surface area contributed by atoms with Crippen molar-refractivity contribution in [1.29, 1.82) is 0 Å². The third-order valence-electron chi connectivity index (χ3n) is 2.30. The summed E-state index contributed by atoms with van der Waals surface area (Å²) in [5.74, 6) is 0. The zero-order chi connectivity index (χ0) is 11.5. The lowest BCUT2D eigenvalue weighted by Crippen LogP contribution is -2.15. The summed E-state index contributed by atoms with van der Waals surface area (Å²) in [5.41, 5.74) is 0. The zero-order valence-corrected chi connectivity index (χ0v) is 10.8. The first-order chi connectivity index (χ1) is 7.16. The molecule has 15 heavy (non-hydrogen) atoms. The lowest BCUT2D eigenvalue weighted by atomic mass is 10.3. The zero-order valence-electron chi connectivity index (χ0n) is 10.8. The summed E-state index contributed by atoms with van der Waals surface area (Å²) in [7, 11) is 4.17. The second-order valence-corrected chi connectivity index (χ2v) is 4.21. The highest BCUT2D eigenvalue weighted by atomic mass is 16.5. The molecule has 0 rings (SSSR count). The van der Waals surface area contributed by atoms with E-state index in [-0.39, 0.29) is 0 Å². The van der Waals surface area contributed by atoms with Crippen molar-refractivity contribution in [1.82, 2.24) is 4.90 Å². The average molecular weight is 217 g/mol. The largest absolute Gasteiger partial charge is 0.381 e. The Hall–Kier alpha value is -0.120. The van der Waals surface area contributed by atoms with E-state index in [4.69, 9.17) is 9.47 Å². The molecule has 0 aromatic heterocycles. The van der Waals surface area contributed by atoms with E-state index in [0.717, 1.165) is 45.6 Å². The fraction of sp³-hybridized carbons (Fsp3) is 1.00. The Morgan fingerprint density at radius 3 is 2.33 bits per heavy atom. The Morgan fingerprint density at radius 2 is 1.73 bits per heavy atom. The van der Waals surface area contributed by atoms with Crippen molar-refractivity contribution in [2.75, 3.05) is 40.5 Å². The Balaban J connectivity index is 2.99. The third-order valence-corrected chi connectivity index (χ3v) is 2.30. The lowest BCUT2D eigenvalue weighted by Gasteiger charge is -2.11. The van der Waals surface area contributed by atoms with E-state index >= 15 is 0 Å². The van der Waals surface area contributed by atoms with E-state index in [1.165, 1.54) is 0 Å². The molecule has 3 nitrogen and oxygen atoms in total. The summed E-state index contributed by atoms with van der Waals surface area (Å²) in [4.78, 5) is 2.18. The second-order valence-electron chi connectivity index (χ2n) is 4.21. The molecule has 0 fully saturated rings. The first-order valence-corrected chi connectivity index (χ1v) is 6.01. The molecule has 0 saturated heterocycles. The SMILES string of the molecule is CCC(C)OCCCOCCCN(C)C. The van der Waals surface area contributed by atoms with Gasteiger partial charge in [-0.3, -0.25) is 0 Å². The van der Waals surface area contributed by atoms with Crippen LogP contribution in [0.1, 0.15) is 33.1 Å². The Bertz CT molecular complexity index is 129. The summed E-state index contributed by atoms with van der Waals surface area (Å²) in [6.07, 6.45) is 3.59. The Kier molecular flexibility index (Phi) is 10.3. The van der Waals surface area contributed by atoms with Gasteiger partial charge in [0.15, 0.2) is 0 Å². The number of rotatable bonds is 10. The van der Waals surface area contributed by atoms with Crippen LogP contribution in [0.5, 0.6) is 0 Å². The molecule has 0 aliphatic carbocycles. The van der Waals surface area contributed by atoms with Gasteiger partial charge in [-0.15, -0.1) is 0 Å². The first kappa shape index (κ1) is 14.9. The van der Waals surface area contributed by atoms with Gasteiger partial charge in [0.25, 0.3) is 0 Å². The molecule has 1 atom stereocenters. The fourth-order valence-electron chi connectivity index (χ4n) is 1.15. The molecular weight excluding hydrogens is 190 g/mol. The predicted molar refractivity (Wildman–Crippen MR) is 64.3 cm³/mol. The van der Waals surface area contributed by atoms with Gasteiger partial charge in [-0.2, -0.15) is 0 Å². The van der Waals surface area contributed by atoms with Crippen LogP contribution >= 0.6 is 0 Å². The Labute approximate surface area is 94.7 Å². The summed E-state index contributed by atoms with van der Waals surface area (Å²) >= 11 is 0. The van der Waals surface area contributed by atoms with Crippen LogP contribution < -0.4 is 0 Å². The average Bonchev–Trinajstić information content (AvgIpc) is 2.21. The summed E-state index contributed by atoms with van der Waals surface area (Å²) in [5, 5.41) is 0. The van der Waals surface area contributed by atoms with Crippen LogP contribution in [-0.4, -0.2) is 51.5 Å². The van der Waals surface area contributed by atoms with E-state index in [1.807, 2.05) is 0 Å². The van der Waals surface area contributed by atoms with Crippen molar-refractivity contribution in [3.05, 3.63) is 0 Å². The quantitative estimate of drug-likeness (QED) is 0.523. The highest BCUT2D eigenvalue weighted by Crippen LogP contribution is 1.97. The van der Waals surface area contributed by atoms with Gasteiger partial charge in [0.2, 0.25) is 0 Å². The van der Waals surface area contributed by atoms with E-state index in [0.29, 0.717) is 6.10 Å². The molecule has 0 heterocycles. The smallest absolute Gasteiger partial charge is 0.0544 e. The maximum absolute atomic E-state index is 5.55. The number of ether oxygens (including phenoxy) is 2. The summed E-state index contributed by atoms with van der Waals surface area (Å²) in [6.45, 7) is 7.86. The van der Waals surface area contributed by atoms with Gasteiger partial charge in [-0.25, -0.2) is 0 Å². The molecule has 92 valence electrons. The van der Waals surface area contributed by atoms with Crippen molar-refractivity contribution < 1.29 is 9.47 Å². The molecule has 0 bridgehead atoms. The molecule has 0 radical (unpaired) electrons. The molecular formula is C12H27NO2. The van der Waals surface area contributed by atoms with Gasteiger partial charge in [0, 0.05) is 19.8 Å². The standard InChI is InChI=1S/C12H27NO2/c1-5-12(2)15-11-7-10-14-9-6-8-13(3)4/h12H,5-11H2,1-4H3. The van der Waals surface area contributed by atoms with Crippen LogP contribution in [0.4, 0.5) is 0 Å². The van der Waals surface area contributed by atoms with Gasteiger partial charge in [0.05, 0.1) is 6.10 Å². The number of hydrogen-bond donors (Lipinski definition) is 0. The van der Waals surface area contributed by atoms with Crippen molar-refractivity contribution in [2.24, 2.45) is 0 Å². The molecule has 0 amide bonds. The molecule has 0 spiro atoms. The van der Waals surface area contributed by atoms with Crippen LogP contribution in [0.15, 0.2) is 0 Å². The number of hydrogen-bond acceptors (Lipinski definition) is 3. The van der Waals surface area contributed by atoms with Crippen molar-refractivity contribution >= 4 is 0 Å². The van der Waals surface area contributed by atoms with E-state index in [9.17, 15) is 0 Å². The normalized spacial score (nSPS) is 13.4. The van der Waals surface area contributed by atoms with Gasteiger partial charge in [-0.05, 0) is 46.8 Å². The summed E-state index contributed by atoms with van der Waals surface area (Å²) < 4.78 is 11.0. The molecule has 0 saturated carbocycles. The third kappa shape index (κ3) is 11.8. The number of nitrogens with zero attached hydrogens (tertiary/aromatic N) is 1. The first-order valence-electron chi connectivity index (χ1n) is 6.01. The van der Waals surface area contributed by atoms with Crippen molar-refractivity contribution in [2.45, 2.75) is 39.2 Å². The highest BCUT2D eigenvalue weighted by molar-refractivity contribution is 4.46. The van der Waals surface area contributed by atoms with E-state index in [2.05, 4.69) is 32.8 Å². The van der Waals surface area contributed by atoms with E-state index < -0.39 is 0 Å². The fourth-order valence-corrected chi connectivity index (χ4v) is 1.15. The molecule has 0 N–H and O–H groups in total. The van der Waals surface area contributed by atoms with Crippen LogP contribution in [-0.2, 0) is 9.47 Å². The van der Waals surface area contributed by atoms with Crippen LogP contribution in [0.2, 0.25) is 0 Å². The molecule has 1 unspecified atom stereocenters. The minimum absolute atomic E-state index is 0.388. The second kappa shape index (κ2) is 10.4. The Morgan fingerprint density at radius 1 is 1.07 bits per heavy atom. The van der Waals surface area contributed by atoms with Gasteiger partial charge in [0.1, 0.15) is 0 Å². The monoisotopic (exact) mass is 217 g/mol. The molecule has 0 aromatic rings. The maximum atomic E-state index is 5.55.